The molecule has 19 nitrogen and oxygen atoms in total. The van der Waals surface area contributed by atoms with E-state index < -0.39 is 61.2 Å². The number of aliphatic hydroxyl groups is 4. The number of nitrogens with zero attached hydrogens (tertiary/aromatic N) is 2. The van der Waals surface area contributed by atoms with Crippen LogP contribution in [0.15, 0.2) is 73.1 Å². The number of piperidine rings is 1. The molecular formula is C47H61F3N6O13. The number of anilines is 2. The number of carbonyl (C=O) groups is 5. The Morgan fingerprint density at radius 2 is 1.67 bits per heavy atom. The van der Waals surface area contributed by atoms with E-state index in [1.54, 1.807) is 69.3 Å². The summed E-state index contributed by atoms with van der Waals surface area (Å²) in [5.74, 6) is -3.01. The molecule has 2 aliphatic heterocycles. The van der Waals surface area contributed by atoms with Crippen LogP contribution in [0, 0.1) is 5.92 Å². The summed E-state index contributed by atoms with van der Waals surface area (Å²) in [6.07, 6.45) is -1.58. The Morgan fingerprint density at radius 1 is 0.957 bits per heavy atom. The van der Waals surface area contributed by atoms with Crippen LogP contribution in [0.25, 0.3) is 6.08 Å². The van der Waals surface area contributed by atoms with Gasteiger partial charge in [-0.2, -0.15) is 13.2 Å². The number of aliphatic carboxylic acids is 1. The average molecular weight is 975 g/mol. The van der Waals surface area contributed by atoms with Crippen molar-refractivity contribution in [2.75, 3.05) is 43.4 Å². The summed E-state index contributed by atoms with van der Waals surface area (Å²) in [5, 5.41) is 57.6. The highest BCUT2D eigenvalue weighted by Crippen LogP contribution is 2.31. The van der Waals surface area contributed by atoms with E-state index in [2.05, 4.69) is 16.0 Å². The van der Waals surface area contributed by atoms with Crippen LogP contribution >= 0.6 is 0 Å². The van der Waals surface area contributed by atoms with Crippen molar-refractivity contribution in [1.82, 2.24) is 10.2 Å². The smallest absolute Gasteiger partial charge is 0.430 e. The Kier molecular flexibility index (Phi) is 20.9. The summed E-state index contributed by atoms with van der Waals surface area (Å²) in [4.78, 5) is 61.2. The van der Waals surface area contributed by atoms with Gasteiger partial charge in [0.15, 0.2) is 18.9 Å². The fourth-order valence-corrected chi connectivity index (χ4v) is 7.22. The molecule has 1 aromatic heterocycles. The van der Waals surface area contributed by atoms with Gasteiger partial charge in [-0.15, -0.1) is 0 Å². The number of carbonyl (C=O) groups excluding carboxylic acids is 5. The molecule has 5 atom stereocenters. The summed E-state index contributed by atoms with van der Waals surface area (Å²) in [6.45, 7) is 7.12. The van der Waals surface area contributed by atoms with E-state index in [1.807, 2.05) is 34.0 Å². The molecule has 22 heteroatoms. The number of hydrogen-bond donors (Lipinski definition) is 8. The van der Waals surface area contributed by atoms with Crippen LogP contribution in [0.2, 0.25) is 0 Å². The molecule has 2 aliphatic rings. The van der Waals surface area contributed by atoms with Crippen LogP contribution in [0.5, 0.6) is 5.75 Å². The molecule has 2 fully saturated rings. The number of carboxylic acid groups (broad SMARTS) is 1. The van der Waals surface area contributed by atoms with Crippen molar-refractivity contribution in [1.29, 1.82) is 0 Å². The Hall–Kier alpha value is -6.17. The first-order valence-electron chi connectivity index (χ1n) is 22.3. The standard InChI is InChI=1S/C45H60N6O11.C2HF3O2/c1-45(2,3)62-44(59)48-33-11-6-10-32(25-33)42(58)51-22-17-29(18-23-51)8-4-5-20-47-37(53)15-13-30-9-7-21-50(26-30)27-31-12-14-35(34(24-31)49-38(54)16-19-46)60-43-41(57)40(56)39(55)36(28-52)61-43;3-2(4,5)1(6)7/h6-7,9-15,21,24-26,29,36,39-41,43,52,55-57H,4-5,8,16-20,22-23,27-28,46H2,1-3H3,(H2-,47,48,49,53,54,59);(H,6,7)/b15-13+;/t36-,39-,40+,41+,43+;/m1./s1. The van der Waals surface area contributed by atoms with Crippen LogP contribution in [0.3, 0.4) is 0 Å². The fraction of sp³-hybridized carbons (Fsp3) is 0.489. The number of halogens is 3. The van der Waals surface area contributed by atoms with E-state index >= 15 is 0 Å². The number of pyridine rings is 1. The zero-order valence-electron chi connectivity index (χ0n) is 38.5. The maximum Gasteiger partial charge on any atom is 0.430 e. The number of benzene rings is 2. The van der Waals surface area contributed by atoms with Gasteiger partial charge in [-0.25, -0.2) is 9.36 Å². The minimum atomic E-state index is -5.19. The number of likely N-dealkylation sites (tertiary alicyclic amines) is 1. The van der Waals surface area contributed by atoms with Crippen molar-refractivity contribution in [3.05, 3.63) is 89.8 Å². The molecule has 0 bridgehead atoms. The van der Waals surface area contributed by atoms with Gasteiger partial charge in [0.2, 0.25) is 18.1 Å². The number of aromatic nitrogens is 1. The first kappa shape index (κ1) is 55.4. The quantitative estimate of drug-likeness (QED) is 0.0546. The second-order valence-corrected chi connectivity index (χ2v) is 17.4. The molecule has 4 amide bonds. The van der Waals surface area contributed by atoms with Gasteiger partial charge in [0.25, 0.3) is 5.91 Å². The Labute approximate surface area is 397 Å². The number of alkyl halides is 3. The molecule has 0 radical (unpaired) electrons. The zero-order chi connectivity index (χ0) is 50.9. The molecule has 378 valence electrons. The summed E-state index contributed by atoms with van der Waals surface area (Å²) in [6, 6.07) is 15.6. The largest absolute Gasteiger partial charge is 0.542 e. The van der Waals surface area contributed by atoms with E-state index in [0.29, 0.717) is 43.3 Å². The predicted molar refractivity (Wildman–Crippen MR) is 241 cm³/mol. The Bertz CT molecular complexity index is 2230. The van der Waals surface area contributed by atoms with Gasteiger partial charge in [0, 0.05) is 67.1 Å². The molecule has 3 aromatic rings. The molecule has 5 rings (SSSR count). The Morgan fingerprint density at radius 3 is 2.32 bits per heavy atom. The normalized spacial score (nSPS) is 19.8. The molecule has 2 aromatic carbocycles. The van der Waals surface area contributed by atoms with Crippen LogP contribution in [-0.2, 0) is 30.4 Å². The molecular weight excluding hydrogens is 914 g/mol. The van der Waals surface area contributed by atoms with E-state index in [1.165, 1.54) is 6.08 Å². The number of amides is 4. The molecule has 9 N–H and O–H groups in total. The minimum Gasteiger partial charge on any atom is -0.542 e. The van der Waals surface area contributed by atoms with Crippen molar-refractivity contribution >= 4 is 47.2 Å². The highest BCUT2D eigenvalue weighted by Gasteiger charge is 2.45. The Balaban J connectivity index is 0.00000137. The summed E-state index contributed by atoms with van der Waals surface area (Å²) in [7, 11) is 0. The third-order valence-electron chi connectivity index (χ3n) is 10.7. The summed E-state index contributed by atoms with van der Waals surface area (Å²) < 4.78 is 50.1. The second kappa shape index (κ2) is 26.0. The highest BCUT2D eigenvalue weighted by molar-refractivity contribution is 5.96. The van der Waals surface area contributed by atoms with Gasteiger partial charge in [-0.3, -0.25) is 19.7 Å². The molecule has 3 heterocycles. The SMILES string of the molecule is CC(C)(C)OC(=O)Nc1cccc(C(=O)N2CCC(CCCCNC(=O)/C=C/c3ccc[n+](Cc4ccc(O[C@H]5O[C@H](CO)[C@@H](O)[C@H](O)[C@@H]5O)c(NC(=O)CCN)c4)c3)CC2)c1.O=C([O-])C(F)(F)F. The van der Waals surface area contributed by atoms with Gasteiger partial charge in [-0.05, 0) is 94.5 Å². The fourth-order valence-electron chi connectivity index (χ4n) is 7.22. The van der Waals surface area contributed by atoms with Crippen LogP contribution in [0.1, 0.15) is 80.8 Å². The zero-order valence-corrected chi connectivity index (χ0v) is 38.5. The van der Waals surface area contributed by atoms with Crippen LogP contribution < -0.4 is 36.1 Å². The molecule has 0 aliphatic carbocycles. The van der Waals surface area contributed by atoms with Crippen molar-refractivity contribution < 1.29 is 81.5 Å². The highest BCUT2D eigenvalue weighted by atomic mass is 19.4. The van der Waals surface area contributed by atoms with E-state index in [9.17, 15) is 52.8 Å². The second-order valence-electron chi connectivity index (χ2n) is 17.4. The molecule has 2 saturated heterocycles. The van der Waals surface area contributed by atoms with Gasteiger partial charge >= 0.3 is 12.3 Å². The number of unbranched alkanes of at least 4 members (excludes halogenated alkanes) is 1. The lowest BCUT2D eigenvalue weighted by Gasteiger charge is -2.39. The van der Waals surface area contributed by atoms with Crippen molar-refractivity contribution in [2.24, 2.45) is 11.7 Å². The van der Waals surface area contributed by atoms with E-state index in [-0.39, 0.29) is 42.1 Å². The number of nitrogens with two attached hydrogens (primary N) is 1. The molecule has 0 spiro atoms. The van der Waals surface area contributed by atoms with Gasteiger partial charge in [0.05, 0.1) is 12.3 Å². The third-order valence-corrected chi connectivity index (χ3v) is 10.7. The molecule has 0 unspecified atom stereocenters. The first-order valence-corrected chi connectivity index (χ1v) is 22.3. The average Bonchev–Trinajstić information content (AvgIpc) is 3.28. The van der Waals surface area contributed by atoms with Crippen LogP contribution in [0.4, 0.5) is 29.3 Å². The topological polar surface area (TPSA) is 286 Å². The number of nitrogens with one attached hydrogen (secondary N) is 3. The van der Waals surface area contributed by atoms with Crippen LogP contribution in [-0.4, -0.2) is 130 Å². The minimum absolute atomic E-state index is 0.0441. The third kappa shape index (κ3) is 18.3. The lowest BCUT2D eigenvalue weighted by Crippen LogP contribution is -2.60. The van der Waals surface area contributed by atoms with Gasteiger partial charge < -0.3 is 65.8 Å². The van der Waals surface area contributed by atoms with Crippen molar-refractivity contribution in [3.8, 4) is 5.75 Å². The van der Waals surface area contributed by atoms with Gasteiger partial charge in [-0.1, -0.05) is 18.9 Å². The molecule has 0 saturated carbocycles. The van der Waals surface area contributed by atoms with Crippen molar-refractivity contribution in [3.63, 3.8) is 0 Å². The maximum absolute atomic E-state index is 13.2. The van der Waals surface area contributed by atoms with E-state index in [0.717, 1.165) is 43.2 Å². The monoisotopic (exact) mass is 974 g/mol. The lowest BCUT2D eigenvalue weighted by molar-refractivity contribution is -0.688. The predicted octanol–water partition coefficient (Wildman–Crippen LogP) is 1.99. The number of ether oxygens (including phenoxy) is 3. The molecule has 69 heavy (non-hydrogen) atoms. The number of carboxylic acids is 1. The number of hydrogen-bond acceptors (Lipinski definition) is 14. The lowest BCUT2D eigenvalue weighted by atomic mass is 9.91. The summed E-state index contributed by atoms with van der Waals surface area (Å²) in [5.41, 5.74) is 7.78. The maximum atomic E-state index is 13.2. The number of rotatable bonds is 17. The van der Waals surface area contributed by atoms with E-state index in [4.69, 9.17) is 29.8 Å². The first-order chi connectivity index (χ1) is 32.6. The van der Waals surface area contributed by atoms with Crippen molar-refractivity contribution in [2.45, 2.75) is 108 Å². The number of aliphatic hydroxyl groups excluding tert-OH is 4. The van der Waals surface area contributed by atoms with Gasteiger partial charge in [0.1, 0.15) is 41.7 Å². The summed E-state index contributed by atoms with van der Waals surface area (Å²) >= 11 is 0.